The molecule has 0 N–H and O–H groups in total. The molecule has 1 saturated heterocycles. The molecule has 9 heavy (non-hydrogen) atoms. The molecule has 1 heterocycles. The lowest BCUT2D eigenvalue weighted by atomic mass is 10.2. The highest BCUT2D eigenvalue weighted by molar-refractivity contribution is 4.79. The van der Waals surface area contributed by atoms with E-state index >= 15 is 0 Å². The maximum Gasteiger partial charge on any atom is 0.0632 e. The van der Waals surface area contributed by atoms with Crippen LogP contribution in [0.3, 0.4) is 0 Å². The van der Waals surface area contributed by atoms with Crippen molar-refractivity contribution in [2.75, 3.05) is 13.7 Å². The van der Waals surface area contributed by atoms with E-state index in [0.717, 1.165) is 6.61 Å². The standard InChI is InChI=1S/C7H14NO/c1-6-3-4-7(8-6)5-9-2/h6-7H,3-5H2,1-2H3. The Hall–Kier alpha value is -0.0800. The van der Waals surface area contributed by atoms with Crippen molar-refractivity contribution in [1.29, 1.82) is 0 Å². The van der Waals surface area contributed by atoms with Gasteiger partial charge in [-0.05, 0) is 19.8 Å². The maximum absolute atomic E-state index is 4.98. The van der Waals surface area contributed by atoms with Crippen LogP contribution in [0.4, 0.5) is 0 Å². The van der Waals surface area contributed by atoms with Gasteiger partial charge in [-0.2, -0.15) is 0 Å². The van der Waals surface area contributed by atoms with Crippen LogP contribution < -0.4 is 5.32 Å². The number of ether oxygens (including phenoxy) is 1. The fourth-order valence-electron chi connectivity index (χ4n) is 1.26. The molecule has 0 spiro atoms. The molecule has 1 fully saturated rings. The van der Waals surface area contributed by atoms with Gasteiger partial charge in [0.05, 0.1) is 6.61 Å². The molecule has 0 amide bonds. The fourth-order valence-corrected chi connectivity index (χ4v) is 1.26. The number of hydrogen-bond acceptors (Lipinski definition) is 1. The van der Waals surface area contributed by atoms with Crippen molar-refractivity contribution in [1.82, 2.24) is 5.32 Å². The van der Waals surface area contributed by atoms with E-state index < -0.39 is 0 Å². The highest BCUT2D eigenvalue weighted by Crippen LogP contribution is 2.13. The largest absolute Gasteiger partial charge is 0.383 e. The fraction of sp³-hybridized carbons (Fsp3) is 1.00. The molecule has 0 aromatic carbocycles. The molecule has 1 radical (unpaired) electrons. The summed E-state index contributed by atoms with van der Waals surface area (Å²) in [6, 6.07) is 1.06. The molecule has 0 saturated carbocycles. The van der Waals surface area contributed by atoms with E-state index in [-0.39, 0.29) is 0 Å². The zero-order chi connectivity index (χ0) is 6.69. The molecule has 1 rings (SSSR count). The minimum absolute atomic E-state index is 0.491. The van der Waals surface area contributed by atoms with E-state index in [9.17, 15) is 0 Å². The van der Waals surface area contributed by atoms with Gasteiger partial charge in [-0.15, -0.1) is 0 Å². The van der Waals surface area contributed by atoms with E-state index in [1.165, 1.54) is 12.8 Å². The first kappa shape index (κ1) is 7.03. The van der Waals surface area contributed by atoms with Crippen molar-refractivity contribution in [3.63, 3.8) is 0 Å². The van der Waals surface area contributed by atoms with Gasteiger partial charge in [-0.25, -0.2) is 5.32 Å². The number of rotatable bonds is 2. The first-order valence-corrected chi connectivity index (χ1v) is 3.52. The molecule has 2 heteroatoms. The quantitative estimate of drug-likeness (QED) is 0.539. The van der Waals surface area contributed by atoms with Crippen molar-refractivity contribution in [2.45, 2.75) is 31.8 Å². The molecule has 0 aromatic rings. The van der Waals surface area contributed by atoms with Gasteiger partial charge in [0.1, 0.15) is 0 Å². The van der Waals surface area contributed by atoms with E-state index in [2.05, 4.69) is 12.2 Å². The predicted molar refractivity (Wildman–Crippen MR) is 36.5 cm³/mol. The predicted octanol–water partition coefficient (Wildman–Crippen LogP) is 0.788. The summed E-state index contributed by atoms with van der Waals surface area (Å²) in [5, 5.41) is 4.45. The van der Waals surface area contributed by atoms with Crippen LogP contribution in [0.25, 0.3) is 0 Å². The highest BCUT2D eigenvalue weighted by atomic mass is 16.5. The second-order valence-corrected chi connectivity index (χ2v) is 2.68. The van der Waals surface area contributed by atoms with Crippen LogP contribution in [0.5, 0.6) is 0 Å². The lowest BCUT2D eigenvalue weighted by molar-refractivity contribution is 0.171. The summed E-state index contributed by atoms with van der Waals surface area (Å²) < 4.78 is 4.98. The molecular formula is C7H14NO. The summed E-state index contributed by atoms with van der Waals surface area (Å²) in [4.78, 5) is 0. The van der Waals surface area contributed by atoms with E-state index in [4.69, 9.17) is 4.74 Å². The van der Waals surface area contributed by atoms with Gasteiger partial charge in [0.15, 0.2) is 0 Å². The summed E-state index contributed by atoms with van der Waals surface area (Å²) in [6.45, 7) is 2.97. The zero-order valence-corrected chi connectivity index (χ0v) is 6.13. The molecular weight excluding hydrogens is 114 g/mol. The molecule has 0 bridgehead atoms. The molecule has 2 nitrogen and oxygen atoms in total. The van der Waals surface area contributed by atoms with Crippen molar-refractivity contribution >= 4 is 0 Å². The first-order chi connectivity index (χ1) is 4.33. The van der Waals surface area contributed by atoms with Crippen molar-refractivity contribution in [3.05, 3.63) is 0 Å². The van der Waals surface area contributed by atoms with Crippen LogP contribution in [-0.4, -0.2) is 25.8 Å². The van der Waals surface area contributed by atoms with Crippen LogP contribution in [0.2, 0.25) is 0 Å². The summed E-state index contributed by atoms with van der Waals surface area (Å²) in [5.41, 5.74) is 0. The Kier molecular flexibility index (Phi) is 2.49. The average molecular weight is 128 g/mol. The molecule has 2 unspecified atom stereocenters. The Balaban J connectivity index is 2.14. The summed E-state index contributed by atoms with van der Waals surface area (Å²) >= 11 is 0. The minimum Gasteiger partial charge on any atom is -0.383 e. The zero-order valence-electron chi connectivity index (χ0n) is 6.13. The van der Waals surface area contributed by atoms with Crippen LogP contribution >= 0.6 is 0 Å². The lowest BCUT2D eigenvalue weighted by Gasteiger charge is -2.06. The molecule has 1 aliphatic rings. The van der Waals surface area contributed by atoms with E-state index in [1.54, 1.807) is 7.11 Å². The molecule has 2 atom stereocenters. The number of nitrogens with zero attached hydrogens (tertiary/aromatic N) is 1. The van der Waals surface area contributed by atoms with Crippen molar-refractivity contribution in [3.8, 4) is 0 Å². The van der Waals surface area contributed by atoms with Crippen LogP contribution in [0.1, 0.15) is 19.8 Å². The number of methoxy groups -OCH3 is 1. The summed E-state index contributed by atoms with van der Waals surface area (Å²) in [5.74, 6) is 0. The van der Waals surface area contributed by atoms with E-state index in [1.807, 2.05) is 0 Å². The van der Waals surface area contributed by atoms with Gasteiger partial charge >= 0.3 is 0 Å². The van der Waals surface area contributed by atoms with Crippen molar-refractivity contribution < 1.29 is 4.74 Å². The average Bonchev–Trinajstić information content (AvgIpc) is 2.17. The Morgan fingerprint density at radius 3 is 2.78 bits per heavy atom. The molecule has 0 aliphatic carbocycles. The summed E-state index contributed by atoms with van der Waals surface area (Å²) in [6.07, 6.45) is 2.46. The van der Waals surface area contributed by atoms with Gasteiger partial charge < -0.3 is 4.74 Å². The van der Waals surface area contributed by atoms with Gasteiger partial charge in [-0.3, -0.25) is 0 Å². The van der Waals surface area contributed by atoms with E-state index in [0.29, 0.717) is 12.1 Å². The monoisotopic (exact) mass is 128 g/mol. The van der Waals surface area contributed by atoms with Gasteiger partial charge in [-0.1, -0.05) is 0 Å². The third-order valence-electron chi connectivity index (χ3n) is 1.74. The SMILES string of the molecule is COCC1CCC(C)[N]1. The Morgan fingerprint density at radius 2 is 2.33 bits per heavy atom. The van der Waals surface area contributed by atoms with Crippen LogP contribution in [0.15, 0.2) is 0 Å². The molecule has 1 aliphatic heterocycles. The molecule has 53 valence electrons. The third kappa shape index (κ3) is 1.95. The highest BCUT2D eigenvalue weighted by Gasteiger charge is 2.20. The Bertz CT molecular complexity index is 83.0. The minimum atomic E-state index is 0.491. The van der Waals surface area contributed by atoms with Crippen LogP contribution in [0, 0.1) is 0 Å². The van der Waals surface area contributed by atoms with Gasteiger partial charge in [0.25, 0.3) is 0 Å². The smallest absolute Gasteiger partial charge is 0.0632 e. The van der Waals surface area contributed by atoms with Crippen LogP contribution in [-0.2, 0) is 4.74 Å². The Labute approximate surface area is 56.6 Å². The lowest BCUT2D eigenvalue weighted by Crippen LogP contribution is -2.23. The van der Waals surface area contributed by atoms with Gasteiger partial charge in [0, 0.05) is 19.2 Å². The maximum atomic E-state index is 4.98. The summed E-state index contributed by atoms with van der Waals surface area (Å²) in [7, 11) is 1.73. The van der Waals surface area contributed by atoms with Gasteiger partial charge in [0.2, 0.25) is 0 Å². The first-order valence-electron chi connectivity index (χ1n) is 3.52. The Morgan fingerprint density at radius 1 is 1.56 bits per heavy atom. The topological polar surface area (TPSA) is 23.3 Å². The number of hydrogen-bond donors (Lipinski definition) is 0. The van der Waals surface area contributed by atoms with Crippen molar-refractivity contribution in [2.24, 2.45) is 0 Å². The second-order valence-electron chi connectivity index (χ2n) is 2.68. The third-order valence-corrected chi connectivity index (χ3v) is 1.74. The normalized spacial score (nSPS) is 35.3. The second kappa shape index (κ2) is 3.18. The molecule has 0 aromatic heterocycles.